The Kier molecular flexibility index (Phi) is 5.24. The van der Waals surface area contributed by atoms with Crippen molar-refractivity contribution in [3.8, 4) is 5.82 Å². The van der Waals surface area contributed by atoms with Gasteiger partial charge >= 0.3 is 0 Å². The third kappa shape index (κ3) is 4.26. The highest BCUT2D eigenvalue weighted by Crippen LogP contribution is 2.20. The lowest BCUT2D eigenvalue weighted by atomic mass is 10.1. The van der Waals surface area contributed by atoms with Crippen LogP contribution in [0.5, 0.6) is 0 Å². The molecule has 0 spiro atoms. The second-order valence-electron chi connectivity index (χ2n) is 6.85. The summed E-state index contributed by atoms with van der Waals surface area (Å²) in [5.41, 5.74) is 2.16. The van der Waals surface area contributed by atoms with Crippen LogP contribution in [0.25, 0.3) is 16.7 Å². The highest BCUT2D eigenvalue weighted by molar-refractivity contribution is 5.89. The molecule has 3 heterocycles. The lowest BCUT2D eigenvalue weighted by Gasteiger charge is -2.09. The van der Waals surface area contributed by atoms with Crippen LogP contribution < -0.4 is 10.6 Å². The molecule has 8 heteroatoms. The van der Waals surface area contributed by atoms with Crippen LogP contribution >= 0.6 is 0 Å². The number of rotatable bonds is 7. The first kappa shape index (κ1) is 18.7. The smallest absolute Gasteiger partial charge is 0.224 e. The number of fused-ring (bicyclic) bond motifs is 1. The summed E-state index contributed by atoms with van der Waals surface area (Å²) in [6.45, 7) is 2.91. The minimum absolute atomic E-state index is 0.000693. The lowest BCUT2D eigenvalue weighted by molar-refractivity contribution is -0.120. The average Bonchev–Trinajstić information content (AvgIpc) is 3.34. The molecule has 0 radical (unpaired) electrons. The number of anilines is 1. The molecule has 29 heavy (non-hydrogen) atoms. The van der Waals surface area contributed by atoms with E-state index in [2.05, 4.69) is 31.8 Å². The van der Waals surface area contributed by atoms with Gasteiger partial charge in [-0.2, -0.15) is 5.10 Å². The van der Waals surface area contributed by atoms with Crippen molar-refractivity contribution in [1.82, 2.24) is 29.6 Å². The summed E-state index contributed by atoms with van der Waals surface area (Å²) in [4.78, 5) is 21.1. The number of benzene rings is 1. The van der Waals surface area contributed by atoms with Gasteiger partial charge in [0, 0.05) is 55.7 Å². The van der Waals surface area contributed by atoms with E-state index in [4.69, 9.17) is 0 Å². The van der Waals surface area contributed by atoms with E-state index in [1.165, 1.54) is 0 Å². The van der Waals surface area contributed by atoms with Crippen LogP contribution in [0.3, 0.4) is 0 Å². The summed E-state index contributed by atoms with van der Waals surface area (Å²) < 4.78 is 3.74. The average molecular weight is 389 g/mol. The molecule has 3 aromatic heterocycles. The van der Waals surface area contributed by atoms with E-state index in [9.17, 15) is 4.79 Å². The third-order valence-corrected chi connectivity index (χ3v) is 4.65. The van der Waals surface area contributed by atoms with Gasteiger partial charge in [-0.1, -0.05) is 18.2 Å². The number of para-hydroxylation sites is 1. The molecule has 4 rings (SSSR count). The Labute approximate surface area is 168 Å². The van der Waals surface area contributed by atoms with E-state index in [-0.39, 0.29) is 5.91 Å². The fraction of sp³-hybridized carbons (Fsp3) is 0.238. The molecule has 0 bridgehead atoms. The largest absolute Gasteiger partial charge is 0.368 e. The number of carbonyl (C=O) groups is 1. The molecular weight excluding hydrogens is 366 g/mol. The first-order chi connectivity index (χ1) is 14.1. The summed E-state index contributed by atoms with van der Waals surface area (Å²) in [6, 6.07) is 11.8. The summed E-state index contributed by atoms with van der Waals surface area (Å²) in [5.74, 6) is 2.05. The van der Waals surface area contributed by atoms with E-state index >= 15 is 0 Å². The van der Waals surface area contributed by atoms with Gasteiger partial charge in [0.25, 0.3) is 0 Å². The van der Waals surface area contributed by atoms with Gasteiger partial charge in [-0.05, 0) is 24.6 Å². The van der Waals surface area contributed by atoms with Crippen LogP contribution in [-0.2, 0) is 18.3 Å². The Morgan fingerprint density at radius 1 is 1.14 bits per heavy atom. The summed E-state index contributed by atoms with van der Waals surface area (Å²) >= 11 is 0. The molecule has 0 fully saturated rings. The first-order valence-corrected chi connectivity index (χ1v) is 9.49. The van der Waals surface area contributed by atoms with Crippen molar-refractivity contribution >= 4 is 22.6 Å². The quantitative estimate of drug-likeness (QED) is 0.473. The Balaban J connectivity index is 1.31. The molecule has 0 aliphatic heterocycles. The number of nitrogens with zero attached hydrogens (tertiary/aromatic N) is 5. The van der Waals surface area contributed by atoms with Gasteiger partial charge in [0.2, 0.25) is 5.91 Å². The van der Waals surface area contributed by atoms with Crippen LogP contribution in [0.4, 0.5) is 5.82 Å². The minimum atomic E-state index is -0.000693. The molecule has 1 aromatic carbocycles. The maximum absolute atomic E-state index is 12.4. The standard InChI is InChI=1S/C21H23N7O/c1-15-25-19(13-20(26-15)28-11-5-8-24-28)22-9-10-23-21(29)12-16-14-27(2)18-7-4-3-6-17(16)18/h3-8,11,13-14H,9-10,12H2,1-2H3,(H,23,29)(H,22,25,26). The van der Waals surface area contributed by atoms with Gasteiger partial charge in [-0.15, -0.1) is 0 Å². The molecule has 148 valence electrons. The van der Waals surface area contributed by atoms with Crippen molar-refractivity contribution in [2.45, 2.75) is 13.3 Å². The maximum Gasteiger partial charge on any atom is 0.224 e. The fourth-order valence-electron chi connectivity index (χ4n) is 3.36. The maximum atomic E-state index is 12.4. The molecule has 0 aliphatic carbocycles. The van der Waals surface area contributed by atoms with Gasteiger partial charge in [0.05, 0.1) is 6.42 Å². The van der Waals surface area contributed by atoms with Crippen LogP contribution in [0, 0.1) is 6.92 Å². The highest BCUT2D eigenvalue weighted by Gasteiger charge is 2.10. The van der Waals surface area contributed by atoms with Crippen molar-refractivity contribution in [3.05, 3.63) is 66.4 Å². The Bertz CT molecular complexity index is 1130. The predicted molar refractivity (Wildman–Crippen MR) is 112 cm³/mol. The number of carbonyl (C=O) groups excluding carboxylic acids is 1. The third-order valence-electron chi connectivity index (χ3n) is 4.65. The second-order valence-corrected chi connectivity index (χ2v) is 6.85. The van der Waals surface area contributed by atoms with Crippen LogP contribution in [-0.4, -0.2) is 43.3 Å². The van der Waals surface area contributed by atoms with Gasteiger partial charge in [0.1, 0.15) is 11.6 Å². The van der Waals surface area contributed by atoms with Gasteiger partial charge in [-0.3, -0.25) is 4.79 Å². The SMILES string of the molecule is Cc1nc(NCCNC(=O)Cc2cn(C)c3ccccc23)cc(-n2cccn2)n1. The molecule has 0 aliphatic rings. The molecule has 0 saturated carbocycles. The highest BCUT2D eigenvalue weighted by atomic mass is 16.1. The van der Waals surface area contributed by atoms with Crippen LogP contribution in [0.1, 0.15) is 11.4 Å². The zero-order valence-corrected chi connectivity index (χ0v) is 16.5. The Morgan fingerprint density at radius 2 is 2.00 bits per heavy atom. The molecule has 2 N–H and O–H groups in total. The van der Waals surface area contributed by atoms with E-state index < -0.39 is 0 Å². The number of aromatic nitrogens is 5. The number of aryl methyl sites for hydroxylation is 2. The van der Waals surface area contributed by atoms with E-state index in [0.717, 1.165) is 16.5 Å². The van der Waals surface area contributed by atoms with E-state index in [1.54, 1.807) is 10.9 Å². The fourth-order valence-corrected chi connectivity index (χ4v) is 3.36. The van der Waals surface area contributed by atoms with E-state index in [0.29, 0.717) is 37.0 Å². The van der Waals surface area contributed by atoms with Crippen molar-refractivity contribution in [1.29, 1.82) is 0 Å². The first-order valence-electron chi connectivity index (χ1n) is 9.49. The van der Waals surface area contributed by atoms with Crippen molar-refractivity contribution < 1.29 is 4.79 Å². The summed E-state index contributed by atoms with van der Waals surface area (Å²) in [7, 11) is 1.99. The Hall–Kier alpha value is -3.68. The number of hydrogen-bond acceptors (Lipinski definition) is 5. The predicted octanol–water partition coefficient (Wildman–Crippen LogP) is 2.23. The molecule has 0 unspecified atom stereocenters. The number of hydrogen-bond donors (Lipinski definition) is 2. The second kappa shape index (κ2) is 8.14. The molecule has 1 amide bonds. The zero-order chi connectivity index (χ0) is 20.2. The molecule has 4 aromatic rings. The topological polar surface area (TPSA) is 89.7 Å². The van der Waals surface area contributed by atoms with Crippen molar-refractivity contribution in [3.63, 3.8) is 0 Å². The van der Waals surface area contributed by atoms with Crippen molar-refractivity contribution in [2.24, 2.45) is 7.05 Å². The lowest BCUT2D eigenvalue weighted by Crippen LogP contribution is -2.30. The van der Waals surface area contributed by atoms with Crippen molar-refractivity contribution in [2.75, 3.05) is 18.4 Å². The van der Waals surface area contributed by atoms with Gasteiger partial charge in [0.15, 0.2) is 5.82 Å². The van der Waals surface area contributed by atoms with Crippen LogP contribution in [0.2, 0.25) is 0 Å². The van der Waals surface area contributed by atoms with Gasteiger partial charge in [-0.25, -0.2) is 14.6 Å². The van der Waals surface area contributed by atoms with Gasteiger partial charge < -0.3 is 15.2 Å². The molecule has 8 nitrogen and oxygen atoms in total. The number of amides is 1. The molecular formula is C21H23N7O. The number of nitrogens with one attached hydrogen (secondary N) is 2. The summed E-state index contributed by atoms with van der Waals surface area (Å²) in [5, 5.41) is 11.5. The Morgan fingerprint density at radius 3 is 2.83 bits per heavy atom. The van der Waals surface area contributed by atoms with E-state index in [1.807, 2.05) is 61.3 Å². The normalized spacial score (nSPS) is 11.0. The molecule has 0 saturated heterocycles. The minimum Gasteiger partial charge on any atom is -0.368 e. The zero-order valence-electron chi connectivity index (χ0n) is 16.5. The van der Waals surface area contributed by atoms with Crippen LogP contribution in [0.15, 0.2) is 55.0 Å². The summed E-state index contributed by atoms with van der Waals surface area (Å²) in [6.07, 6.45) is 5.91. The monoisotopic (exact) mass is 389 g/mol. The molecule has 0 atom stereocenters.